The number of benzene rings is 3. The van der Waals surface area contributed by atoms with Crippen molar-refractivity contribution in [3.05, 3.63) is 90.0 Å². The van der Waals surface area contributed by atoms with Crippen LogP contribution in [-0.2, 0) is 26.0 Å². The molecule has 0 aliphatic carbocycles. The number of carbonyl (C=O) groups excluding carboxylic acids is 2. The minimum absolute atomic E-state index is 0.0743. The summed E-state index contributed by atoms with van der Waals surface area (Å²) in [7, 11) is -2.58. The Labute approximate surface area is 238 Å². The summed E-state index contributed by atoms with van der Waals surface area (Å²) in [5.41, 5.74) is 2.26. The average molecular weight is 566 g/mol. The summed E-state index contributed by atoms with van der Waals surface area (Å²) in [5, 5.41) is 2.90. The van der Waals surface area contributed by atoms with Crippen molar-refractivity contribution in [2.45, 2.75) is 51.0 Å². The molecule has 0 unspecified atom stereocenters. The molecular formula is C31H39N3O5S. The van der Waals surface area contributed by atoms with Crippen LogP contribution in [-0.4, -0.2) is 57.9 Å². The van der Waals surface area contributed by atoms with Gasteiger partial charge in [-0.15, -0.1) is 0 Å². The number of sulfonamides is 1. The Bertz CT molecular complexity index is 1340. The van der Waals surface area contributed by atoms with Crippen LogP contribution >= 0.6 is 0 Å². The van der Waals surface area contributed by atoms with Crippen LogP contribution in [0.5, 0.6) is 5.75 Å². The predicted molar refractivity (Wildman–Crippen MR) is 158 cm³/mol. The van der Waals surface area contributed by atoms with Crippen LogP contribution in [0.1, 0.15) is 37.8 Å². The molecule has 9 heteroatoms. The number of hydrogen-bond acceptors (Lipinski definition) is 5. The fourth-order valence-corrected chi connectivity index (χ4v) is 5.79. The monoisotopic (exact) mass is 565 g/mol. The van der Waals surface area contributed by atoms with Crippen LogP contribution < -0.4 is 14.4 Å². The molecule has 3 rings (SSSR count). The standard InChI is InChI=1S/C31H39N3O5S/c1-5-21-32-31(36)29(6-2)33(22-20-25-10-8-7-9-11-25)30(35)23-34(26-14-16-27(39-4)17-15-26)40(37,38)28-18-12-24(3)13-19-28/h7-19,29H,5-6,20-23H2,1-4H3,(H,32,36)/t29-/m1/s1. The molecule has 3 aromatic carbocycles. The molecule has 0 saturated carbocycles. The zero-order valence-electron chi connectivity index (χ0n) is 23.7. The van der Waals surface area contributed by atoms with Crippen molar-refractivity contribution in [2.24, 2.45) is 0 Å². The minimum Gasteiger partial charge on any atom is -0.497 e. The Balaban J connectivity index is 2.00. The van der Waals surface area contributed by atoms with Gasteiger partial charge in [0.25, 0.3) is 10.0 Å². The first-order chi connectivity index (χ1) is 19.2. The van der Waals surface area contributed by atoms with E-state index >= 15 is 0 Å². The number of hydrogen-bond donors (Lipinski definition) is 1. The molecule has 0 aromatic heterocycles. The van der Waals surface area contributed by atoms with Gasteiger partial charge in [-0.3, -0.25) is 13.9 Å². The number of nitrogens with zero attached hydrogens (tertiary/aromatic N) is 2. The normalized spacial score (nSPS) is 11.9. The van der Waals surface area contributed by atoms with Crippen molar-refractivity contribution < 1.29 is 22.7 Å². The van der Waals surface area contributed by atoms with Gasteiger partial charge in [-0.2, -0.15) is 0 Å². The number of nitrogens with one attached hydrogen (secondary N) is 1. The van der Waals surface area contributed by atoms with E-state index in [-0.39, 0.29) is 17.3 Å². The number of aryl methyl sites for hydroxylation is 1. The third-order valence-electron chi connectivity index (χ3n) is 6.67. The number of ether oxygens (including phenoxy) is 1. The van der Waals surface area contributed by atoms with Crippen LogP contribution in [0.15, 0.2) is 83.8 Å². The Morgan fingerprint density at radius 3 is 2.15 bits per heavy atom. The Kier molecular flexibility index (Phi) is 11.1. The van der Waals surface area contributed by atoms with Gasteiger partial charge in [0.15, 0.2) is 0 Å². The van der Waals surface area contributed by atoms with Crippen LogP contribution in [0.3, 0.4) is 0 Å². The molecule has 0 radical (unpaired) electrons. The highest BCUT2D eigenvalue weighted by Gasteiger charge is 2.33. The molecule has 40 heavy (non-hydrogen) atoms. The van der Waals surface area contributed by atoms with E-state index in [1.807, 2.05) is 51.1 Å². The summed E-state index contributed by atoms with van der Waals surface area (Å²) in [6, 6.07) is 22.0. The number of carbonyl (C=O) groups is 2. The lowest BCUT2D eigenvalue weighted by Crippen LogP contribution is -2.53. The van der Waals surface area contributed by atoms with Crippen LogP contribution in [0.2, 0.25) is 0 Å². The number of methoxy groups -OCH3 is 1. The molecule has 0 fully saturated rings. The lowest BCUT2D eigenvalue weighted by Gasteiger charge is -2.33. The number of amides is 2. The van der Waals surface area contributed by atoms with Crippen LogP contribution in [0, 0.1) is 6.92 Å². The Morgan fingerprint density at radius 1 is 0.925 bits per heavy atom. The van der Waals surface area contributed by atoms with Gasteiger partial charge in [-0.05, 0) is 68.1 Å². The molecule has 8 nitrogen and oxygen atoms in total. The molecule has 1 N–H and O–H groups in total. The summed E-state index contributed by atoms with van der Waals surface area (Å²) in [6.45, 7) is 5.98. The van der Waals surface area contributed by atoms with Gasteiger partial charge in [0.2, 0.25) is 11.8 Å². The van der Waals surface area contributed by atoms with E-state index in [9.17, 15) is 18.0 Å². The molecule has 0 saturated heterocycles. The van der Waals surface area contributed by atoms with Crippen molar-refractivity contribution >= 4 is 27.5 Å². The number of anilines is 1. The maximum absolute atomic E-state index is 14.0. The van der Waals surface area contributed by atoms with Gasteiger partial charge in [0.05, 0.1) is 17.7 Å². The third kappa shape index (κ3) is 7.85. The predicted octanol–water partition coefficient (Wildman–Crippen LogP) is 4.58. The molecule has 0 spiro atoms. The third-order valence-corrected chi connectivity index (χ3v) is 8.46. The highest BCUT2D eigenvalue weighted by Crippen LogP contribution is 2.26. The lowest BCUT2D eigenvalue weighted by atomic mass is 10.1. The van der Waals surface area contributed by atoms with E-state index < -0.39 is 28.5 Å². The van der Waals surface area contributed by atoms with Crippen molar-refractivity contribution in [2.75, 3.05) is 31.0 Å². The van der Waals surface area contributed by atoms with E-state index in [2.05, 4.69) is 5.32 Å². The van der Waals surface area contributed by atoms with Gasteiger partial charge >= 0.3 is 0 Å². The van der Waals surface area contributed by atoms with E-state index in [4.69, 9.17) is 4.74 Å². The van der Waals surface area contributed by atoms with Gasteiger partial charge in [-0.1, -0.05) is 61.9 Å². The fourth-order valence-electron chi connectivity index (χ4n) is 4.38. The Morgan fingerprint density at radius 2 is 1.57 bits per heavy atom. The molecule has 1 atom stereocenters. The molecular weight excluding hydrogens is 526 g/mol. The topological polar surface area (TPSA) is 96.0 Å². The fraction of sp³-hybridized carbons (Fsp3) is 0.355. The zero-order valence-corrected chi connectivity index (χ0v) is 24.5. The lowest BCUT2D eigenvalue weighted by molar-refractivity contribution is -0.139. The van der Waals surface area contributed by atoms with Gasteiger partial charge in [0.1, 0.15) is 18.3 Å². The Hall–Kier alpha value is -3.85. The van der Waals surface area contributed by atoms with E-state index in [1.165, 1.54) is 24.1 Å². The zero-order chi connectivity index (χ0) is 29.1. The first-order valence-corrected chi connectivity index (χ1v) is 15.0. The number of rotatable bonds is 14. The highest BCUT2D eigenvalue weighted by atomic mass is 32.2. The van der Waals surface area contributed by atoms with E-state index in [0.29, 0.717) is 30.8 Å². The molecule has 0 heterocycles. The summed E-state index contributed by atoms with van der Waals surface area (Å²) in [5.74, 6) is -0.144. The van der Waals surface area contributed by atoms with Crippen molar-refractivity contribution in [3.8, 4) is 5.75 Å². The van der Waals surface area contributed by atoms with E-state index in [0.717, 1.165) is 21.9 Å². The molecule has 0 aliphatic heterocycles. The summed E-state index contributed by atoms with van der Waals surface area (Å²) >= 11 is 0. The maximum Gasteiger partial charge on any atom is 0.264 e. The van der Waals surface area contributed by atoms with Gasteiger partial charge in [-0.25, -0.2) is 8.42 Å². The van der Waals surface area contributed by atoms with Crippen molar-refractivity contribution in [1.29, 1.82) is 0 Å². The first-order valence-electron chi connectivity index (χ1n) is 13.6. The molecule has 0 aliphatic rings. The summed E-state index contributed by atoms with van der Waals surface area (Å²) < 4.78 is 34.1. The van der Waals surface area contributed by atoms with Crippen LogP contribution in [0.25, 0.3) is 0 Å². The largest absolute Gasteiger partial charge is 0.497 e. The SMILES string of the molecule is CCCNC(=O)[C@@H](CC)N(CCc1ccccc1)C(=O)CN(c1ccc(OC)cc1)S(=O)(=O)c1ccc(C)cc1. The second-order valence-corrected chi connectivity index (χ2v) is 11.4. The van der Waals surface area contributed by atoms with Gasteiger partial charge < -0.3 is 15.0 Å². The smallest absolute Gasteiger partial charge is 0.264 e. The minimum atomic E-state index is -4.11. The van der Waals surface area contributed by atoms with Crippen molar-refractivity contribution in [1.82, 2.24) is 10.2 Å². The van der Waals surface area contributed by atoms with Crippen molar-refractivity contribution in [3.63, 3.8) is 0 Å². The maximum atomic E-state index is 14.0. The van der Waals surface area contributed by atoms with Crippen LogP contribution in [0.4, 0.5) is 5.69 Å². The summed E-state index contributed by atoms with van der Waals surface area (Å²) in [6.07, 6.45) is 1.68. The van der Waals surface area contributed by atoms with E-state index in [1.54, 1.807) is 36.4 Å². The molecule has 2 amide bonds. The molecule has 3 aromatic rings. The second-order valence-electron chi connectivity index (χ2n) is 9.56. The van der Waals surface area contributed by atoms with Gasteiger partial charge in [0, 0.05) is 13.1 Å². The molecule has 0 bridgehead atoms. The second kappa shape index (κ2) is 14.5. The summed E-state index contributed by atoms with van der Waals surface area (Å²) in [4.78, 5) is 28.7. The highest BCUT2D eigenvalue weighted by molar-refractivity contribution is 7.92. The quantitative estimate of drug-likeness (QED) is 0.309. The molecule has 214 valence electrons. The first kappa shape index (κ1) is 30.7. The average Bonchev–Trinajstić information content (AvgIpc) is 2.97.